The van der Waals surface area contributed by atoms with E-state index in [-0.39, 0.29) is 27.7 Å². The van der Waals surface area contributed by atoms with Gasteiger partial charge in [0.25, 0.3) is 0 Å². The Labute approximate surface area is 189 Å². The first-order valence-electron chi connectivity index (χ1n) is 12.1. The summed E-state index contributed by atoms with van der Waals surface area (Å²) in [5, 5.41) is 0. The lowest BCUT2D eigenvalue weighted by Gasteiger charge is -2.71. The summed E-state index contributed by atoms with van der Waals surface area (Å²) in [5.74, 6) is 2.57. The second kappa shape index (κ2) is 7.04. The summed E-state index contributed by atoms with van der Waals surface area (Å²) >= 11 is 3.98. The van der Waals surface area contributed by atoms with Gasteiger partial charge in [-0.2, -0.15) is 0 Å². The van der Waals surface area contributed by atoms with Crippen LogP contribution in [0.25, 0.3) is 0 Å². The van der Waals surface area contributed by atoms with E-state index in [1.54, 1.807) is 0 Å². The normalized spacial score (nSPS) is 52.5. The molecule has 6 aliphatic rings. The minimum absolute atomic E-state index is 0.00366. The van der Waals surface area contributed by atoms with E-state index in [2.05, 4.69) is 36.7 Å². The molecule has 168 valence electrons. The van der Waals surface area contributed by atoms with Crippen molar-refractivity contribution >= 4 is 27.7 Å². The molecule has 0 amide bonds. The molecule has 30 heavy (non-hydrogen) atoms. The number of halogens is 1. The summed E-state index contributed by atoms with van der Waals surface area (Å²) in [6, 6.07) is 0. The van der Waals surface area contributed by atoms with Crippen LogP contribution in [0.15, 0.2) is 0 Å². The second-order valence-electron chi connectivity index (χ2n) is 11.5. The zero-order valence-corrected chi connectivity index (χ0v) is 20.5. The van der Waals surface area contributed by atoms with E-state index < -0.39 is 5.60 Å². The minimum Gasteiger partial charge on any atom is -0.469 e. The van der Waals surface area contributed by atoms with E-state index in [1.807, 2.05) is 0 Å². The molecule has 10 atom stereocenters. The smallest absolute Gasteiger partial charge is 0.305 e. The number of rotatable bonds is 4. The van der Waals surface area contributed by atoms with Crippen molar-refractivity contribution in [1.82, 2.24) is 0 Å². The largest absolute Gasteiger partial charge is 0.469 e. The van der Waals surface area contributed by atoms with E-state index >= 15 is 0 Å². The fraction of sp³-hybridized carbons (Fsp3) is 0.920. The average molecular weight is 481 g/mol. The molecule has 4 nitrogen and oxygen atoms in total. The molecule has 0 radical (unpaired) electrons. The van der Waals surface area contributed by atoms with Gasteiger partial charge in [0.1, 0.15) is 5.60 Å². The lowest BCUT2D eigenvalue weighted by atomic mass is 9.40. The number of ketones is 1. The van der Waals surface area contributed by atoms with Gasteiger partial charge in [-0.1, -0.05) is 36.7 Å². The molecule has 0 aromatic rings. The van der Waals surface area contributed by atoms with E-state index in [1.165, 1.54) is 20.0 Å². The molecular weight excluding hydrogens is 444 g/mol. The molecule has 4 bridgehead atoms. The van der Waals surface area contributed by atoms with Crippen molar-refractivity contribution in [2.24, 2.45) is 40.4 Å². The number of alkyl halides is 1. The van der Waals surface area contributed by atoms with E-state index in [9.17, 15) is 9.59 Å². The molecule has 5 heteroatoms. The molecule has 2 aliphatic heterocycles. The topological polar surface area (TPSA) is 52.6 Å². The van der Waals surface area contributed by atoms with Gasteiger partial charge in [0, 0.05) is 11.8 Å². The highest BCUT2D eigenvalue weighted by atomic mass is 79.9. The highest BCUT2D eigenvalue weighted by Crippen LogP contribution is 2.73. The Kier molecular flexibility index (Phi) is 5.03. The summed E-state index contributed by atoms with van der Waals surface area (Å²) in [5.41, 5.74) is -0.630. The number of carbonyl (C=O) groups is 2. The van der Waals surface area contributed by atoms with Crippen molar-refractivity contribution in [3.05, 3.63) is 0 Å². The predicted molar refractivity (Wildman–Crippen MR) is 118 cm³/mol. The zero-order chi connectivity index (χ0) is 21.5. The highest BCUT2D eigenvalue weighted by molar-refractivity contribution is 9.10. The van der Waals surface area contributed by atoms with Crippen molar-refractivity contribution < 1.29 is 19.1 Å². The van der Waals surface area contributed by atoms with E-state index in [4.69, 9.17) is 9.47 Å². The first kappa shape index (κ1) is 21.4. The Morgan fingerprint density at radius 1 is 1.20 bits per heavy atom. The van der Waals surface area contributed by atoms with Gasteiger partial charge in [0.15, 0.2) is 5.78 Å². The Hall–Kier alpha value is -0.420. The average Bonchev–Trinajstić information content (AvgIpc) is 3.08. The van der Waals surface area contributed by atoms with Crippen molar-refractivity contribution in [3.63, 3.8) is 0 Å². The third-order valence-electron chi connectivity index (χ3n) is 10.7. The molecule has 4 saturated carbocycles. The van der Waals surface area contributed by atoms with Crippen LogP contribution in [0.4, 0.5) is 0 Å². The van der Waals surface area contributed by atoms with Crippen molar-refractivity contribution in [2.75, 3.05) is 7.11 Å². The quantitative estimate of drug-likeness (QED) is 0.404. The number of esters is 1. The van der Waals surface area contributed by atoms with Crippen LogP contribution in [-0.4, -0.2) is 35.4 Å². The molecule has 5 unspecified atom stereocenters. The van der Waals surface area contributed by atoms with Gasteiger partial charge in [-0.25, -0.2) is 0 Å². The van der Waals surface area contributed by atoms with Gasteiger partial charge in [-0.3, -0.25) is 9.59 Å². The SMILES string of the molecule is COC(=O)CCC(C)C1CCC2C3CCC4C[C@H]5CC[C@]4(C)[C@@]3(O5)C(=O)[C@H](Br)[C@]12C. The van der Waals surface area contributed by atoms with Crippen LogP contribution in [-0.2, 0) is 19.1 Å². The molecule has 0 aromatic heterocycles. The number of ether oxygens (including phenoxy) is 2. The van der Waals surface area contributed by atoms with Crippen molar-refractivity contribution in [3.8, 4) is 0 Å². The van der Waals surface area contributed by atoms with Crippen molar-refractivity contribution in [1.29, 1.82) is 0 Å². The third-order valence-corrected chi connectivity index (χ3v) is 12.1. The predicted octanol–water partition coefficient (Wildman–Crippen LogP) is 5.31. The maximum atomic E-state index is 14.3. The maximum absolute atomic E-state index is 14.3. The number of carbonyl (C=O) groups excluding carboxylic acids is 2. The van der Waals surface area contributed by atoms with Crippen LogP contribution in [0.1, 0.15) is 78.6 Å². The van der Waals surface area contributed by atoms with Crippen LogP contribution >= 0.6 is 15.9 Å². The van der Waals surface area contributed by atoms with Crippen LogP contribution in [0, 0.1) is 40.4 Å². The van der Waals surface area contributed by atoms with Crippen LogP contribution < -0.4 is 0 Å². The number of methoxy groups -OCH3 is 1. The lowest BCUT2D eigenvalue weighted by Crippen LogP contribution is -2.77. The molecule has 1 spiro atoms. The van der Waals surface area contributed by atoms with Crippen molar-refractivity contribution in [2.45, 2.75) is 95.1 Å². The standard InChI is InChI=1S/C25H37BrO4/c1-14(5-10-20(27)29-4)17-8-9-18-19-7-6-15-13-16-11-12-23(15,2)25(19,30-16)22(28)21(26)24(17,18)3/h14-19,21H,5-13H2,1-4H3/t14?,15?,16-,17?,18?,19?,21+,23+,24-,25+/m1/s1. The molecule has 6 fully saturated rings. The third kappa shape index (κ3) is 2.48. The van der Waals surface area contributed by atoms with Crippen LogP contribution in [0.3, 0.4) is 0 Å². The zero-order valence-electron chi connectivity index (χ0n) is 18.9. The summed E-state index contributed by atoms with van der Waals surface area (Å²) in [6.07, 6.45) is 9.73. The van der Waals surface area contributed by atoms with Gasteiger partial charge < -0.3 is 9.47 Å². The Morgan fingerprint density at radius 3 is 2.67 bits per heavy atom. The van der Waals surface area contributed by atoms with E-state index in [0.29, 0.717) is 41.8 Å². The van der Waals surface area contributed by atoms with Crippen LogP contribution in [0.5, 0.6) is 0 Å². The number of Topliss-reactive ketones (excluding diaryl/α,β-unsaturated/α-hetero) is 1. The maximum Gasteiger partial charge on any atom is 0.305 e. The van der Waals surface area contributed by atoms with Gasteiger partial charge in [0.05, 0.1) is 18.0 Å². The summed E-state index contributed by atoms with van der Waals surface area (Å²) in [4.78, 5) is 25.8. The fourth-order valence-corrected chi connectivity index (χ4v) is 10.2. The lowest BCUT2D eigenvalue weighted by molar-refractivity contribution is -0.306. The second-order valence-corrected chi connectivity index (χ2v) is 12.4. The van der Waals surface area contributed by atoms with Gasteiger partial charge in [-0.15, -0.1) is 0 Å². The number of hydrogen-bond acceptors (Lipinski definition) is 4. The molecule has 0 N–H and O–H groups in total. The molecule has 0 aromatic carbocycles. The van der Waals surface area contributed by atoms with E-state index in [0.717, 1.165) is 38.5 Å². The molecule has 2 heterocycles. The van der Waals surface area contributed by atoms with Gasteiger partial charge >= 0.3 is 5.97 Å². The summed E-state index contributed by atoms with van der Waals surface area (Å²) in [7, 11) is 1.46. The minimum atomic E-state index is -0.570. The highest BCUT2D eigenvalue weighted by Gasteiger charge is 2.77. The number of fused-ring (bicyclic) bond motifs is 3. The summed E-state index contributed by atoms with van der Waals surface area (Å²) in [6.45, 7) is 7.02. The monoisotopic (exact) mass is 480 g/mol. The first-order chi connectivity index (χ1) is 14.2. The molecule has 2 saturated heterocycles. The number of hydrogen-bond donors (Lipinski definition) is 0. The Morgan fingerprint density at radius 2 is 1.93 bits per heavy atom. The Bertz CT molecular complexity index is 753. The first-order valence-corrected chi connectivity index (χ1v) is 13.0. The molecule has 6 rings (SSSR count). The fourth-order valence-electron chi connectivity index (χ4n) is 9.18. The van der Waals surface area contributed by atoms with Crippen LogP contribution in [0.2, 0.25) is 0 Å². The molecular formula is C25H37BrO4. The molecule has 4 aliphatic carbocycles. The van der Waals surface area contributed by atoms with Gasteiger partial charge in [0.2, 0.25) is 0 Å². The van der Waals surface area contributed by atoms with Gasteiger partial charge in [-0.05, 0) is 86.4 Å². The summed E-state index contributed by atoms with van der Waals surface area (Å²) < 4.78 is 11.7. The Balaban J connectivity index is 1.49.